The standard InChI is InChI=1S/C15H10BrFN2O2/c16-13-4-3-11(19)6-12(13)15(20)21-8-10-2-1-9(7-18)5-14(10)17/h1-6H,8,19H2. The topological polar surface area (TPSA) is 76.1 Å². The molecule has 0 heterocycles. The van der Waals surface area contributed by atoms with Crippen molar-refractivity contribution in [2.45, 2.75) is 6.61 Å². The van der Waals surface area contributed by atoms with Crippen LogP contribution in [0.25, 0.3) is 0 Å². The maximum Gasteiger partial charge on any atom is 0.339 e. The summed E-state index contributed by atoms with van der Waals surface area (Å²) in [7, 11) is 0. The van der Waals surface area contributed by atoms with Crippen molar-refractivity contribution in [3.05, 3.63) is 63.4 Å². The molecule has 0 saturated heterocycles. The summed E-state index contributed by atoms with van der Waals surface area (Å²) < 4.78 is 19.3. The number of nitrogen functional groups attached to an aromatic ring is 1. The fourth-order valence-corrected chi connectivity index (χ4v) is 2.06. The van der Waals surface area contributed by atoms with Crippen LogP contribution in [0.15, 0.2) is 40.9 Å². The highest BCUT2D eigenvalue weighted by Gasteiger charge is 2.13. The van der Waals surface area contributed by atoms with Gasteiger partial charge in [0.25, 0.3) is 0 Å². The van der Waals surface area contributed by atoms with E-state index in [1.807, 2.05) is 6.07 Å². The van der Waals surface area contributed by atoms with Gasteiger partial charge in [0, 0.05) is 15.7 Å². The minimum atomic E-state index is -0.613. The summed E-state index contributed by atoms with van der Waals surface area (Å²) in [6, 6.07) is 10.5. The Hall–Kier alpha value is -2.39. The van der Waals surface area contributed by atoms with Gasteiger partial charge in [0.05, 0.1) is 17.2 Å². The van der Waals surface area contributed by atoms with Gasteiger partial charge in [0.2, 0.25) is 0 Å². The molecule has 4 nitrogen and oxygen atoms in total. The minimum absolute atomic E-state index is 0.197. The number of nitriles is 1. The molecule has 0 spiro atoms. The number of rotatable bonds is 3. The number of anilines is 1. The third kappa shape index (κ3) is 3.58. The number of halogens is 2. The molecule has 2 N–H and O–H groups in total. The number of hydrogen-bond acceptors (Lipinski definition) is 4. The SMILES string of the molecule is N#Cc1ccc(COC(=O)c2cc(N)ccc2Br)c(F)c1. The lowest BCUT2D eigenvalue weighted by Crippen LogP contribution is -2.07. The molecule has 0 saturated carbocycles. The Bertz CT molecular complexity index is 741. The fourth-order valence-electron chi connectivity index (χ4n) is 1.65. The van der Waals surface area contributed by atoms with Gasteiger partial charge in [-0.25, -0.2) is 9.18 Å². The number of carbonyl (C=O) groups is 1. The number of nitrogens with zero attached hydrogens (tertiary/aromatic N) is 1. The maximum atomic E-state index is 13.7. The second-order valence-corrected chi connectivity index (χ2v) is 5.09. The molecule has 2 rings (SSSR count). The molecule has 0 radical (unpaired) electrons. The predicted octanol–water partition coefficient (Wildman–Crippen LogP) is 3.40. The van der Waals surface area contributed by atoms with Gasteiger partial charge in [-0.05, 0) is 46.3 Å². The molecule has 0 fully saturated rings. The van der Waals surface area contributed by atoms with E-state index in [1.165, 1.54) is 18.2 Å². The molecule has 0 aromatic heterocycles. The van der Waals surface area contributed by atoms with Crippen molar-refractivity contribution in [3.8, 4) is 6.07 Å². The molecule has 0 aliphatic heterocycles. The van der Waals surface area contributed by atoms with Gasteiger partial charge < -0.3 is 10.5 Å². The van der Waals surface area contributed by atoms with Crippen LogP contribution in [-0.4, -0.2) is 5.97 Å². The average Bonchev–Trinajstić information content (AvgIpc) is 2.48. The molecule has 0 amide bonds. The van der Waals surface area contributed by atoms with Crippen LogP contribution in [-0.2, 0) is 11.3 Å². The number of ether oxygens (including phenoxy) is 1. The van der Waals surface area contributed by atoms with Gasteiger partial charge >= 0.3 is 5.97 Å². The molecule has 0 aliphatic carbocycles. The maximum absolute atomic E-state index is 13.7. The van der Waals surface area contributed by atoms with E-state index in [9.17, 15) is 9.18 Å². The van der Waals surface area contributed by atoms with E-state index in [1.54, 1.807) is 12.1 Å². The first-order valence-corrected chi connectivity index (χ1v) is 6.71. The van der Waals surface area contributed by atoms with Crippen LogP contribution >= 0.6 is 15.9 Å². The lowest BCUT2D eigenvalue weighted by atomic mass is 10.1. The molecule has 106 valence electrons. The molecular weight excluding hydrogens is 339 g/mol. The van der Waals surface area contributed by atoms with Gasteiger partial charge in [-0.15, -0.1) is 0 Å². The molecule has 0 atom stereocenters. The second kappa shape index (κ2) is 6.37. The average molecular weight is 349 g/mol. The molecule has 2 aromatic carbocycles. The van der Waals surface area contributed by atoms with Crippen molar-refractivity contribution in [1.82, 2.24) is 0 Å². The largest absolute Gasteiger partial charge is 0.457 e. The summed E-state index contributed by atoms with van der Waals surface area (Å²) in [4.78, 5) is 11.9. The van der Waals surface area contributed by atoms with Crippen molar-refractivity contribution in [3.63, 3.8) is 0 Å². The third-order valence-electron chi connectivity index (χ3n) is 2.75. The molecule has 0 aliphatic rings. The van der Waals surface area contributed by atoms with Gasteiger partial charge in [0.1, 0.15) is 12.4 Å². The lowest BCUT2D eigenvalue weighted by molar-refractivity contribution is 0.0468. The highest BCUT2D eigenvalue weighted by atomic mass is 79.9. The Morgan fingerprint density at radius 1 is 1.33 bits per heavy atom. The number of nitrogens with two attached hydrogens (primary N) is 1. The van der Waals surface area contributed by atoms with E-state index >= 15 is 0 Å². The summed E-state index contributed by atoms with van der Waals surface area (Å²) in [5.41, 5.74) is 6.71. The molecule has 21 heavy (non-hydrogen) atoms. The van der Waals surface area contributed by atoms with Crippen molar-refractivity contribution < 1.29 is 13.9 Å². The third-order valence-corrected chi connectivity index (χ3v) is 3.44. The Labute approximate surface area is 129 Å². The first kappa shape index (κ1) is 15.0. The molecule has 0 unspecified atom stereocenters. The zero-order valence-electron chi connectivity index (χ0n) is 10.8. The highest BCUT2D eigenvalue weighted by molar-refractivity contribution is 9.10. The van der Waals surface area contributed by atoms with Crippen molar-refractivity contribution >= 4 is 27.6 Å². The van der Waals surface area contributed by atoms with Crippen LogP contribution in [0, 0.1) is 17.1 Å². The fraction of sp³-hybridized carbons (Fsp3) is 0.0667. The Balaban J connectivity index is 2.11. The molecule has 2 aromatic rings. The first-order valence-electron chi connectivity index (χ1n) is 5.92. The number of hydrogen-bond donors (Lipinski definition) is 1. The van der Waals surface area contributed by atoms with E-state index in [-0.39, 0.29) is 23.3 Å². The Morgan fingerprint density at radius 3 is 2.76 bits per heavy atom. The van der Waals surface area contributed by atoms with Crippen LogP contribution < -0.4 is 5.73 Å². The van der Waals surface area contributed by atoms with Crippen molar-refractivity contribution in [1.29, 1.82) is 5.26 Å². The summed E-state index contributed by atoms with van der Waals surface area (Å²) in [5, 5.41) is 8.66. The van der Waals surface area contributed by atoms with Crippen LogP contribution in [0.5, 0.6) is 0 Å². The Kier molecular flexibility index (Phi) is 4.55. The van der Waals surface area contributed by atoms with Crippen molar-refractivity contribution in [2.75, 3.05) is 5.73 Å². The smallest absolute Gasteiger partial charge is 0.339 e. The first-order chi connectivity index (χ1) is 10.0. The van der Waals surface area contributed by atoms with Gasteiger partial charge in [-0.2, -0.15) is 5.26 Å². The summed E-state index contributed by atoms with van der Waals surface area (Å²) in [6.07, 6.45) is 0. The monoisotopic (exact) mass is 348 g/mol. The highest BCUT2D eigenvalue weighted by Crippen LogP contribution is 2.21. The normalized spacial score (nSPS) is 9.95. The van der Waals surface area contributed by atoms with E-state index in [0.29, 0.717) is 10.2 Å². The predicted molar refractivity (Wildman–Crippen MR) is 78.8 cm³/mol. The van der Waals surface area contributed by atoms with Gasteiger partial charge in [0.15, 0.2) is 0 Å². The van der Waals surface area contributed by atoms with Gasteiger partial charge in [-0.3, -0.25) is 0 Å². The second-order valence-electron chi connectivity index (χ2n) is 4.23. The summed E-state index contributed by atoms with van der Waals surface area (Å²) >= 11 is 3.22. The minimum Gasteiger partial charge on any atom is -0.457 e. The number of esters is 1. The van der Waals surface area contributed by atoms with Crippen LogP contribution in [0.1, 0.15) is 21.5 Å². The molecule has 6 heteroatoms. The number of benzene rings is 2. The van der Waals surface area contributed by atoms with E-state index in [0.717, 1.165) is 6.07 Å². The van der Waals surface area contributed by atoms with E-state index in [4.69, 9.17) is 15.7 Å². The van der Waals surface area contributed by atoms with E-state index in [2.05, 4.69) is 15.9 Å². The molecular formula is C15H10BrFN2O2. The van der Waals surface area contributed by atoms with Crippen LogP contribution in [0.2, 0.25) is 0 Å². The van der Waals surface area contributed by atoms with E-state index < -0.39 is 11.8 Å². The van der Waals surface area contributed by atoms with Gasteiger partial charge in [-0.1, -0.05) is 6.07 Å². The zero-order valence-corrected chi connectivity index (χ0v) is 12.4. The van der Waals surface area contributed by atoms with Crippen molar-refractivity contribution in [2.24, 2.45) is 0 Å². The zero-order chi connectivity index (χ0) is 15.4. The number of carbonyl (C=O) groups excluding carboxylic acids is 1. The summed E-state index contributed by atoms with van der Waals surface area (Å²) in [5.74, 6) is -1.20. The lowest BCUT2D eigenvalue weighted by Gasteiger charge is -2.08. The van der Waals surface area contributed by atoms with Crippen LogP contribution in [0.4, 0.5) is 10.1 Å². The summed E-state index contributed by atoms with van der Waals surface area (Å²) in [6.45, 7) is -0.225. The molecule has 0 bridgehead atoms. The van der Waals surface area contributed by atoms with Crippen LogP contribution in [0.3, 0.4) is 0 Å². The Morgan fingerprint density at radius 2 is 2.10 bits per heavy atom. The quantitative estimate of drug-likeness (QED) is 0.681.